The molecule has 0 bridgehead atoms. The van der Waals surface area contributed by atoms with Gasteiger partial charge in [0.25, 0.3) is 5.91 Å². The monoisotopic (exact) mass is 514 g/mol. The summed E-state index contributed by atoms with van der Waals surface area (Å²) >= 11 is 0. The van der Waals surface area contributed by atoms with Crippen molar-refractivity contribution in [3.8, 4) is 0 Å². The lowest BCUT2D eigenvalue weighted by atomic mass is 10.1. The molecule has 196 valence electrons. The van der Waals surface area contributed by atoms with Gasteiger partial charge in [0.05, 0.1) is 34.9 Å². The molecule has 5 N–H and O–H groups in total. The number of nitrogens with one attached hydrogen (secondary N) is 1. The second kappa shape index (κ2) is 11.8. The minimum atomic E-state index is -4.57. The zero-order valence-corrected chi connectivity index (χ0v) is 20.7. The van der Waals surface area contributed by atoms with Gasteiger partial charge in [0, 0.05) is 50.4 Å². The number of nitrogens with zero attached hydrogens (tertiary/aromatic N) is 3. The molecule has 3 rings (SSSR count). The molecule has 1 aromatic heterocycles. The van der Waals surface area contributed by atoms with E-state index in [-0.39, 0.29) is 11.3 Å². The van der Waals surface area contributed by atoms with Crippen molar-refractivity contribution in [2.24, 2.45) is 11.6 Å². The molecule has 0 fully saturated rings. The molecule has 3 aromatic rings. The van der Waals surface area contributed by atoms with Gasteiger partial charge in [0.1, 0.15) is 0 Å². The maximum atomic E-state index is 13.4. The van der Waals surface area contributed by atoms with Crippen LogP contribution in [0.4, 0.5) is 30.2 Å². The van der Waals surface area contributed by atoms with Gasteiger partial charge >= 0.3 is 6.18 Å². The van der Waals surface area contributed by atoms with Crippen molar-refractivity contribution in [1.82, 2.24) is 4.98 Å². The van der Waals surface area contributed by atoms with E-state index in [2.05, 4.69) is 10.3 Å². The van der Waals surface area contributed by atoms with Crippen LogP contribution in [-0.2, 0) is 10.9 Å². The van der Waals surface area contributed by atoms with Crippen molar-refractivity contribution in [1.29, 1.82) is 0 Å². The van der Waals surface area contributed by atoms with Crippen LogP contribution in [0.5, 0.6) is 0 Å². The Morgan fingerprint density at radius 1 is 1.14 bits per heavy atom. The van der Waals surface area contributed by atoms with E-state index in [1.807, 2.05) is 0 Å². The van der Waals surface area contributed by atoms with Gasteiger partial charge in [-0.1, -0.05) is 6.07 Å². The molecule has 11 heteroatoms. The van der Waals surface area contributed by atoms with Crippen LogP contribution in [0.15, 0.2) is 67.1 Å². The number of aryl methyl sites for hydroxylation is 1. The van der Waals surface area contributed by atoms with Crippen LogP contribution in [0, 0.1) is 6.92 Å². The fourth-order valence-electron chi connectivity index (χ4n) is 3.54. The predicted molar refractivity (Wildman–Crippen MR) is 139 cm³/mol. The minimum Gasteiger partial charge on any atom is -0.397 e. The highest BCUT2D eigenvalue weighted by atomic mass is 19.4. The molecule has 1 heterocycles. The van der Waals surface area contributed by atoms with Crippen LogP contribution >= 0.6 is 0 Å². The van der Waals surface area contributed by atoms with E-state index in [0.717, 1.165) is 17.7 Å². The van der Waals surface area contributed by atoms with Gasteiger partial charge in [-0.05, 0) is 55.0 Å². The normalized spacial score (nSPS) is 11.8. The number of aromatic nitrogens is 1. The van der Waals surface area contributed by atoms with E-state index in [1.165, 1.54) is 24.4 Å². The first-order chi connectivity index (χ1) is 17.5. The number of hydrogen-bond acceptors (Lipinski definition) is 7. The van der Waals surface area contributed by atoms with E-state index in [1.54, 1.807) is 61.6 Å². The summed E-state index contributed by atoms with van der Waals surface area (Å²) in [5.74, 6) is 5.62. The number of pyridine rings is 1. The number of ether oxygens (including phenoxy) is 1. The molecule has 0 saturated carbocycles. The van der Waals surface area contributed by atoms with E-state index < -0.39 is 17.6 Å². The summed E-state index contributed by atoms with van der Waals surface area (Å²) < 4.78 is 45.2. The largest absolute Gasteiger partial charge is 0.416 e. The number of hydrazine groups is 1. The average molecular weight is 515 g/mol. The van der Waals surface area contributed by atoms with Gasteiger partial charge in [-0.2, -0.15) is 13.2 Å². The van der Waals surface area contributed by atoms with Gasteiger partial charge in [0.2, 0.25) is 0 Å². The van der Waals surface area contributed by atoms with Crippen LogP contribution in [0.3, 0.4) is 0 Å². The summed E-state index contributed by atoms with van der Waals surface area (Å²) in [6, 6.07) is 11.5. The molecular formula is C26H29F3N6O2. The average Bonchev–Trinajstić information content (AvgIpc) is 2.87. The van der Waals surface area contributed by atoms with Crippen LogP contribution in [0.25, 0.3) is 5.70 Å². The Hall–Kier alpha value is -4.09. The Kier molecular flexibility index (Phi) is 8.74. The number of nitrogens with two attached hydrogens (primary N) is 2. The van der Waals surface area contributed by atoms with E-state index >= 15 is 0 Å². The summed E-state index contributed by atoms with van der Waals surface area (Å²) in [4.78, 5) is 18.9. The number of benzene rings is 2. The summed E-state index contributed by atoms with van der Waals surface area (Å²) in [5, 5.41) is 3.90. The Labute approximate surface area is 213 Å². The van der Waals surface area contributed by atoms with E-state index in [9.17, 15) is 18.0 Å². The van der Waals surface area contributed by atoms with Gasteiger partial charge < -0.3 is 20.7 Å². The molecule has 0 atom stereocenters. The number of carbonyl (C=O) groups is 1. The lowest BCUT2D eigenvalue weighted by Gasteiger charge is -2.24. The maximum absolute atomic E-state index is 13.4. The molecule has 0 aliphatic carbocycles. The molecule has 2 aromatic carbocycles. The molecule has 37 heavy (non-hydrogen) atoms. The molecule has 0 aliphatic heterocycles. The summed E-state index contributed by atoms with van der Waals surface area (Å²) in [6.45, 7) is 2.57. The number of hydrogen-bond donors (Lipinski definition) is 3. The van der Waals surface area contributed by atoms with E-state index in [0.29, 0.717) is 35.8 Å². The third kappa shape index (κ3) is 6.99. The van der Waals surface area contributed by atoms with Gasteiger partial charge in [-0.3, -0.25) is 14.8 Å². The minimum absolute atomic E-state index is 0.0193. The first-order valence-corrected chi connectivity index (χ1v) is 11.3. The number of carbonyl (C=O) groups excluding carboxylic acids is 1. The lowest BCUT2D eigenvalue weighted by Crippen LogP contribution is -2.27. The van der Waals surface area contributed by atoms with Gasteiger partial charge in [-0.15, -0.1) is 0 Å². The van der Waals surface area contributed by atoms with Crippen molar-refractivity contribution < 1.29 is 22.7 Å². The Morgan fingerprint density at radius 2 is 1.89 bits per heavy atom. The highest BCUT2D eigenvalue weighted by Crippen LogP contribution is 2.35. The number of rotatable bonds is 9. The van der Waals surface area contributed by atoms with Crippen LogP contribution in [0.2, 0.25) is 0 Å². The zero-order chi connectivity index (χ0) is 27.2. The Morgan fingerprint density at radius 3 is 2.54 bits per heavy atom. The maximum Gasteiger partial charge on any atom is 0.416 e. The second-order valence-corrected chi connectivity index (χ2v) is 8.33. The second-order valence-electron chi connectivity index (χ2n) is 8.33. The number of likely N-dealkylation sites (N-methyl/N-ethyl adjacent to an activating group) is 1. The molecule has 1 amide bonds. The zero-order valence-electron chi connectivity index (χ0n) is 20.7. The van der Waals surface area contributed by atoms with Crippen molar-refractivity contribution in [2.75, 3.05) is 42.5 Å². The quantitative estimate of drug-likeness (QED) is 0.287. The summed E-state index contributed by atoms with van der Waals surface area (Å²) in [7, 11) is 3.23. The molecule has 0 aliphatic rings. The number of anilines is 3. The molecule has 0 unspecified atom stereocenters. The molecular weight excluding hydrogens is 485 g/mol. The fourth-order valence-corrected chi connectivity index (χ4v) is 3.54. The lowest BCUT2D eigenvalue weighted by molar-refractivity contribution is -0.137. The number of amides is 1. The van der Waals surface area contributed by atoms with Crippen molar-refractivity contribution in [3.05, 3.63) is 89.4 Å². The first kappa shape index (κ1) is 27.5. The third-order valence-electron chi connectivity index (χ3n) is 5.64. The molecule has 0 spiro atoms. The number of alkyl halides is 3. The summed E-state index contributed by atoms with van der Waals surface area (Å²) in [5.41, 5.74) is 8.16. The highest BCUT2D eigenvalue weighted by molar-refractivity contribution is 6.06. The molecule has 0 radical (unpaired) electrons. The van der Waals surface area contributed by atoms with Crippen molar-refractivity contribution in [2.45, 2.75) is 13.1 Å². The standard InChI is InChI=1S/C26H29F3N6O2/c1-17-6-7-18(13-24(17)35(31)16-21(30)19-5-4-10-32-15-19)25(36)33-22-14-20(26(27,28)29)8-9-23(22)34(2)11-12-37-3/h4-10,13-16H,11-12,30-31H2,1-3H3,(H,33,36)/b21-16-. The van der Waals surface area contributed by atoms with Gasteiger partial charge in [-0.25, -0.2) is 5.84 Å². The first-order valence-electron chi connectivity index (χ1n) is 11.3. The topological polar surface area (TPSA) is 110 Å². The smallest absolute Gasteiger partial charge is 0.397 e. The Bertz CT molecular complexity index is 1260. The van der Waals surface area contributed by atoms with Gasteiger partial charge in [0.15, 0.2) is 0 Å². The Balaban J connectivity index is 1.91. The van der Waals surface area contributed by atoms with E-state index in [4.69, 9.17) is 16.3 Å². The van der Waals surface area contributed by atoms with Crippen molar-refractivity contribution >= 4 is 28.7 Å². The van der Waals surface area contributed by atoms with Crippen LogP contribution in [0.1, 0.15) is 27.0 Å². The van der Waals surface area contributed by atoms with Crippen LogP contribution in [-0.4, -0.2) is 38.2 Å². The van der Waals surface area contributed by atoms with Crippen molar-refractivity contribution in [3.63, 3.8) is 0 Å². The third-order valence-corrected chi connectivity index (χ3v) is 5.64. The summed E-state index contributed by atoms with van der Waals surface area (Å²) in [6.07, 6.45) is 0.137. The highest BCUT2D eigenvalue weighted by Gasteiger charge is 2.31. The molecule has 8 nitrogen and oxygen atoms in total. The van der Waals surface area contributed by atoms with Crippen LogP contribution < -0.4 is 26.8 Å². The number of methoxy groups -OCH3 is 1. The predicted octanol–water partition coefficient (Wildman–Crippen LogP) is 4.38. The fraction of sp³-hybridized carbons (Fsp3) is 0.231. The number of halogens is 3. The SMILES string of the molecule is COCCN(C)c1ccc(C(F)(F)F)cc1NC(=O)c1ccc(C)c(N(N)/C=C(\N)c2cccnc2)c1. The molecule has 0 saturated heterocycles.